The van der Waals surface area contributed by atoms with Crippen molar-refractivity contribution >= 4 is 5.96 Å². The van der Waals surface area contributed by atoms with Gasteiger partial charge in [-0.1, -0.05) is 0 Å². The zero-order valence-electron chi connectivity index (χ0n) is 14.8. The van der Waals surface area contributed by atoms with Crippen LogP contribution in [-0.4, -0.2) is 61.1 Å². The highest BCUT2D eigenvalue weighted by Crippen LogP contribution is 2.49. The maximum absolute atomic E-state index is 5.09. The summed E-state index contributed by atoms with van der Waals surface area (Å²) in [6, 6.07) is 0.768. The lowest BCUT2D eigenvalue weighted by Gasteiger charge is -2.26. The number of rotatable bonds is 6. The number of hydrogen-bond donors (Lipinski definition) is 1. The first-order chi connectivity index (χ1) is 11.3. The van der Waals surface area contributed by atoms with Gasteiger partial charge in [0.2, 0.25) is 0 Å². The largest absolute Gasteiger partial charge is 0.357 e. The molecule has 0 amide bonds. The summed E-state index contributed by atoms with van der Waals surface area (Å²) in [7, 11) is 0. The third kappa shape index (κ3) is 3.84. The molecule has 4 aliphatic rings. The van der Waals surface area contributed by atoms with E-state index in [1.807, 2.05) is 0 Å². The average Bonchev–Trinajstić information content (AvgIpc) is 3.47. The Labute approximate surface area is 141 Å². The van der Waals surface area contributed by atoms with E-state index in [9.17, 15) is 0 Å². The highest BCUT2D eigenvalue weighted by Gasteiger charge is 2.41. The van der Waals surface area contributed by atoms with Gasteiger partial charge in [0.1, 0.15) is 0 Å². The third-order valence-corrected chi connectivity index (χ3v) is 6.36. The maximum Gasteiger partial charge on any atom is 0.193 e. The quantitative estimate of drug-likeness (QED) is 0.603. The van der Waals surface area contributed by atoms with Crippen LogP contribution >= 0.6 is 0 Å². The molecule has 0 aromatic rings. The van der Waals surface area contributed by atoms with Gasteiger partial charge in [-0.25, -0.2) is 0 Å². The molecule has 0 aromatic heterocycles. The molecule has 4 rings (SSSR count). The van der Waals surface area contributed by atoms with E-state index in [-0.39, 0.29) is 0 Å². The molecule has 2 heterocycles. The van der Waals surface area contributed by atoms with Crippen LogP contribution in [0.25, 0.3) is 0 Å². The molecule has 4 fully saturated rings. The van der Waals surface area contributed by atoms with Crippen molar-refractivity contribution < 1.29 is 0 Å². The summed E-state index contributed by atoms with van der Waals surface area (Å²) in [6.07, 6.45) is 9.98. The minimum absolute atomic E-state index is 0.768. The molecule has 23 heavy (non-hydrogen) atoms. The fourth-order valence-corrected chi connectivity index (χ4v) is 4.69. The summed E-state index contributed by atoms with van der Waals surface area (Å²) in [4.78, 5) is 10.3. The predicted molar refractivity (Wildman–Crippen MR) is 95.7 cm³/mol. The van der Waals surface area contributed by atoms with E-state index in [4.69, 9.17) is 4.99 Å². The highest BCUT2D eigenvalue weighted by atomic mass is 15.3. The van der Waals surface area contributed by atoms with E-state index in [1.54, 1.807) is 0 Å². The van der Waals surface area contributed by atoms with E-state index in [0.717, 1.165) is 36.9 Å². The van der Waals surface area contributed by atoms with Gasteiger partial charge >= 0.3 is 0 Å². The fraction of sp³-hybridized carbons (Fsp3) is 0.947. The normalized spacial score (nSPS) is 29.7. The molecule has 2 aliphatic heterocycles. The molecule has 1 atom stereocenters. The van der Waals surface area contributed by atoms with E-state index in [1.165, 1.54) is 77.1 Å². The van der Waals surface area contributed by atoms with Gasteiger partial charge in [-0.2, -0.15) is 0 Å². The van der Waals surface area contributed by atoms with Crippen LogP contribution in [0.1, 0.15) is 51.9 Å². The number of likely N-dealkylation sites (tertiary alicyclic amines) is 2. The number of guanidine groups is 1. The summed E-state index contributed by atoms with van der Waals surface area (Å²) in [5.41, 5.74) is 0. The van der Waals surface area contributed by atoms with Gasteiger partial charge in [-0.3, -0.25) is 9.89 Å². The van der Waals surface area contributed by atoms with Crippen molar-refractivity contribution in [3.05, 3.63) is 0 Å². The van der Waals surface area contributed by atoms with Crippen molar-refractivity contribution in [2.75, 3.05) is 39.3 Å². The van der Waals surface area contributed by atoms with Crippen LogP contribution in [0.4, 0.5) is 0 Å². The Morgan fingerprint density at radius 2 is 1.74 bits per heavy atom. The summed E-state index contributed by atoms with van der Waals surface area (Å²) >= 11 is 0. The molecule has 2 saturated heterocycles. The van der Waals surface area contributed by atoms with Crippen molar-refractivity contribution in [3.8, 4) is 0 Å². The zero-order chi connectivity index (χ0) is 15.6. The lowest BCUT2D eigenvalue weighted by atomic mass is 9.98. The van der Waals surface area contributed by atoms with Crippen molar-refractivity contribution in [3.63, 3.8) is 0 Å². The van der Waals surface area contributed by atoms with Gasteiger partial charge in [-0.05, 0) is 82.7 Å². The SMILES string of the molecule is CCNC(=NCC(C1CC1)C1CC1)N1CCC(N2CCCC2)C1. The molecular weight excluding hydrogens is 284 g/mol. The third-order valence-electron chi connectivity index (χ3n) is 6.36. The molecular formula is C19H34N4. The van der Waals surface area contributed by atoms with Crippen molar-refractivity contribution in [2.24, 2.45) is 22.7 Å². The van der Waals surface area contributed by atoms with Crippen LogP contribution in [0.5, 0.6) is 0 Å². The Morgan fingerprint density at radius 3 is 2.35 bits per heavy atom. The minimum atomic E-state index is 0.768. The van der Waals surface area contributed by atoms with E-state index < -0.39 is 0 Å². The van der Waals surface area contributed by atoms with Gasteiger partial charge < -0.3 is 10.2 Å². The van der Waals surface area contributed by atoms with Gasteiger partial charge in [0.05, 0.1) is 0 Å². The summed E-state index contributed by atoms with van der Waals surface area (Å²) in [5.74, 6) is 4.09. The molecule has 0 aromatic carbocycles. The molecule has 0 spiro atoms. The molecule has 4 nitrogen and oxygen atoms in total. The Morgan fingerprint density at radius 1 is 1.04 bits per heavy atom. The molecule has 2 aliphatic carbocycles. The first kappa shape index (κ1) is 15.7. The van der Waals surface area contributed by atoms with Crippen LogP contribution in [0.15, 0.2) is 4.99 Å². The monoisotopic (exact) mass is 318 g/mol. The topological polar surface area (TPSA) is 30.9 Å². The second-order valence-electron chi connectivity index (χ2n) is 8.16. The van der Waals surface area contributed by atoms with E-state index in [2.05, 4.69) is 22.0 Å². The standard InChI is InChI=1S/C19H34N4/c1-2-20-19(21-13-18(15-5-6-15)16-7-8-16)23-12-9-17(14-23)22-10-3-4-11-22/h15-18H,2-14H2,1H3,(H,20,21). The summed E-state index contributed by atoms with van der Waals surface area (Å²) in [5, 5.41) is 3.57. The van der Waals surface area contributed by atoms with Gasteiger partial charge in [-0.15, -0.1) is 0 Å². The average molecular weight is 319 g/mol. The van der Waals surface area contributed by atoms with Gasteiger partial charge in [0, 0.05) is 32.2 Å². The molecule has 130 valence electrons. The summed E-state index contributed by atoms with van der Waals surface area (Å²) < 4.78 is 0. The Bertz CT molecular complexity index is 409. The number of hydrogen-bond acceptors (Lipinski definition) is 2. The highest BCUT2D eigenvalue weighted by molar-refractivity contribution is 5.80. The lowest BCUT2D eigenvalue weighted by Crippen LogP contribution is -2.43. The first-order valence-electron chi connectivity index (χ1n) is 10.1. The smallest absolute Gasteiger partial charge is 0.193 e. The van der Waals surface area contributed by atoms with Gasteiger partial charge in [0.25, 0.3) is 0 Å². The van der Waals surface area contributed by atoms with E-state index in [0.29, 0.717) is 0 Å². The second kappa shape index (κ2) is 7.00. The minimum Gasteiger partial charge on any atom is -0.357 e. The summed E-state index contributed by atoms with van der Waals surface area (Å²) in [6.45, 7) is 9.26. The van der Waals surface area contributed by atoms with Crippen LogP contribution in [0, 0.1) is 17.8 Å². The number of nitrogens with zero attached hydrogens (tertiary/aromatic N) is 3. The zero-order valence-corrected chi connectivity index (χ0v) is 14.8. The molecule has 4 heteroatoms. The van der Waals surface area contributed by atoms with Crippen LogP contribution < -0.4 is 5.32 Å². The second-order valence-corrected chi connectivity index (χ2v) is 8.16. The lowest BCUT2D eigenvalue weighted by molar-refractivity contribution is 0.249. The molecule has 0 bridgehead atoms. The van der Waals surface area contributed by atoms with E-state index >= 15 is 0 Å². The Hall–Kier alpha value is -0.770. The molecule has 1 unspecified atom stereocenters. The van der Waals surface area contributed by atoms with Crippen molar-refractivity contribution in [1.29, 1.82) is 0 Å². The van der Waals surface area contributed by atoms with Gasteiger partial charge in [0.15, 0.2) is 5.96 Å². The molecule has 1 N–H and O–H groups in total. The van der Waals surface area contributed by atoms with Crippen LogP contribution in [0.2, 0.25) is 0 Å². The number of nitrogens with one attached hydrogen (secondary N) is 1. The van der Waals surface area contributed by atoms with Crippen LogP contribution in [-0.2, 0) is 0 Å². The van der Waals surface area contributed by atoms with Crippen LogP contribution in [0.3, 0.4) is 0 Å². The Balaban J connectivity index is 1.35. The predicted octanol–water partition coefficient (Wildman–Crippen LogP) is 2.56. The molecule has 0 radical (unpaired) electrons. The maximum atomic E-state index is 5.09. The fourth-order valence-electron chi connectivity index (χ4n) is 4.69. The van der Waals surface area contributed by atoms with Crippen molar-refractivity contribution in [2.45, 2.75) is 57.9 Å². The number of aliphatic imine (C=N–C) groups is 1. The Kier molecular flexibility index (Phi) is 4.79. The first-order valence-corrected chi connectivity index (χ1v) is 10.1. The van der Waals surface area contributed by atoms with Crippen molar-refractivity contribution in [1.82, 2.24) is 15.1 Å². The molecule has 2 saturated carbocycles.